The number of allylic oxidation sites excluding steroid dienone is 1. The van der Waals surface area contributed by atoms with Crippen LogP contribution >= 0.6 is 0 Å². The van der Waals surface area contributed by atoms with E-state index >= 15 is 0 Å². The van der Waals surface area contributed by atoms with Gasteiger partial charge in [-0.1, -0.05) is 89.8 Å². The molecule has 1 unspecified atom stereocenters. The number of ether oxygens (including phenoxy) is 2. The predicted molar refractivity (Wildman–Crippen MR) is 159 cm³/mol. The molecule has 0 N–H and O–H groups in total. The lowest BCUT2D eigenvalue weighted by molar-refractivity contribution is 0.0734. The second kappa shape index (κ2) is 17.1. The molecule has 1 aliphatic carbocycles. The van der Waals surface area contributed by atoms with Crippen LogP contribution in [0.1, 0.15) is 113 Å². The summed E-state index contributed by atoms with van der Waals surface area (Å²) in [5, 5.41) is 0. The summed E-state index contributed by atoms with van der Waals surface area (Å²) in [6, 6.07) is 15.3. The number of hydrogen-bond donors (Lipinski definition) is 0. The third-order valence-corrected chi connectivity index (χ3v) is 8.36. The molecule has 1 atom stereocenters. The monoisotopic (exact) mass is 518 g/mol. The molecule has 0 saturated heterocycles. The zero-order chi connectivity index (χ0) is 27.0. The Kier molecular flexibility index (Phi) is 13.5. The van der Waals surface area contributed by atoms with Gasteiger partial charge in [0, 0.05) is 0 Å². The minimum absolute atomic E-state index is 0.334. The average molecular weight is 519 g/mol. The molecule has 38 heavy (non-hydrogen) atoms. The van der Waals surface area contributed by atoms with Gasteiger partial charge in [-0.3, -0.25) is 0 Å². The lowest BCUT2D eigenvalue weighted by atomic mass is 9.78. The van der Waals surface area contributed by atoms with Crippen molar-refractivity contribution < 1.29 is 14.3 Å². The van der Waals surface area contributed by atoms with Gasteiger partial charge in [0.05, 0.1) is 12.2 Å². The van der Waals surface area contributed by atoms with Gasteiger partial charge in [0.2, 0.25) is 0 Å². The average Bonchev–Trinajstić information content (AvgIpc) is 2.95. The molecule has 0 aliphatic heterocycles. The van der Waals surface area contributed by atoms with Gasteiger partial charge >= 0.3 is 5.97 Å². The molecule has 0 amide bonds. The maximum absolute atomic E-state index is 12.6. The Morgan fingerprint density at radius 3 is 2.21 bits per heavy atom. The van der Waals surface area contributed by atoms with Crippen LogP contribution in [0, 0.1) is 17.8 Å². The number of rotatable bonds is 17. The molecule has 3 heteroatoms. The Morgan fingerprint density at radius 2 is 1.55 bits per heavy atom. The minimum atomic E-state index is -0.334. The van der Waals surface area contributed by atoms with Gasteiger partial charge in [-0.15, -0.1) is 6.58 Å². The van der Waals surface area contributed by atoms with Crippen LogP contribution in [0.4, 0.5) is 0 Å². The molecule has 0 radical (unpaired) electrons. The highest BCUT2D eigenvalue weighted by molar-refractivity contribution is 5.91. The first-order chi connectivity index (χ1) is 18.6. The van der Waals surface area contributed by atoms with Crippen LogP contribution in [0.25, 0.3) is 0 Å². The van der Waals surface area contributed by atoms with Crippen molar-refractivity contribution >= 4 is 5.97 Å². The predicted octanol–water partition coefficient (Wildman–Crippen LogP) is 9.99. The third kappa shape index (κ3) is 11.1. The number of carbonyl (C=O) groups excluding carboxylic acids is 1. The Hall–Kier alpha value is -2.55. The van der Waals surface area contributed by atoms with Crippen LogP contribution < -0.4 is 9.47 Å². The van der Waals surface area contributed by atoms with Crippen LogP contribution in [-0.4, -0.2) is 12.6 Å². The van der Waals surface area contributed by atoms with Crippen molar-refractivity contribution in [1.29, 1.82) is 0 Å². The van der Waals surface area contributed by atoms with Gasteiger partial charge in [-0.05, 0) is 91.8 Å². The normalized spacial score (nSPS) is 18.1. The van der Waals surface area contributed by atoms with Crippen LogP contribution in [0.5, 0.6) is 11.5 Å². The van der Waals surface area contributed by atoms with E-state index in [1.807, 2.05) is 30.3 Å². The molecule has 0 aromatic heterocycles. The van der Waals surface area contributed by atoms with Crippen molar-refractivity contribution in [3.05, 3.63) is 72.3 Å². The maximum atomic E-state index is 12.6. The zero-order valence-corrected chi connectivity index (χ0v) is 24.0. The number of esters is 1. The van der Waals surface area contributed by atoms with Crippen LogP contribution in [0.15, 0.2) is 61.2 Å². The van der Waals surface area contributed by atoms with E-state index in [0.717, 1.165) is 42.8 Å². The summed E-state index contributed by atoms with van der Waals surface area (Å²) < 4.78 is 11.5. The van der Waals surface area contributed by atoms with Crippen molar-refractivity contribution in [2.75, 3.05) is 6.61 Å². The molecule has 2 aromatic carbocycles. The van der Waals surface area contributed by atoms with Gasteiger partial charge in [-0.2, -0.15) is 0 Å². The van der Waals surface area contributed by atoms with E-state index in [1.165, 1.54) is 76.2 Å². The number of benzene rings is 2. The van der Waals surface area contributed by atoms with Gasteiger partial charge in [0.1, 0.15) is 11.5 Å². The van der Waals surface area contributed by atoms with Crippen LogP contribution in [-0.2, 0) is 6.42 Å². The molecule has 1 saturated carbocycles. The molecule has 0 bridgehead atoms. The summed E-state index contributed by atoms with van der Waals surface area (Å²) in [6.45, 7) is 9.12. The summed E-state index contributed by atoms with van der Waals surface area (Å²) in [4.78, 5) is 12.6. The summed E-state index contributed by atoms with van der Waals surface area (Å²) in [7, 11) is 0. The first kappa shape index (κ1) is 30.0. The third-order valence-electron chi connectivity index (χ3n) is 8.36. The molecule has 0 heterocycles. The van der Waals surface area contributed by atoms with E-state index in [0.29, 0.717) is 17.9 Å². The SMILES string of the molecule is C=CCCCC1CCC(CCc2ccc(OC(=O)c3ccc(OCCCCCC(C)CC)cc3)cc2)CC1. The van der Waals surface area contributed by atoms with Crippen molar-refractivity contribution in [3.8, 4) is 11.5 Å². The van der Waals surface area contributed by atoms with Gasteiger partial charge in [-0.25, -0.2) is 4.79 Å². The van der Waals surface area contributed by atoms with Crippen LogP contribution in [0.3, 0.4) is 0 Å². The first-order valence-corrected chi connectivity index (χ1v) is 15.2. The Morgan fingerprint density at radius 1 is 0.895 bits per heavy atom. The standard InChI is InChI=1S/C35H50O3/c1-4-6-8-12-29-13-15-30(16-14-29)17-18-31-19-23-34(24-20-31)38-35(36)32-21-25-33(26-22-32)37-27-10-7-9-11-28(3)5-2/h4,19-26,28-30H,1,5-18,27H2,2-3H3. The van der Waals surface area contributed by atoms with Crippen LogP contribution in [0.2, 0.25) is 0 Å². The molecule has 1 aliphatic rings. The zero-order valence-electron chi connectivity index (χ0n) is 24.0. The van der Waals surface area contributed by atoms with Crippen molar-refractivity contribution in [1.82, 2.24) is 0 Å². The first-order valence-electron chi connectivity index (χ1n) is 15.2. The highest BCUT2D eigenvalue weighted by atomic mass is 16.5. The Balaban J connectivity index is 1.32. The molecule has 3 rings (SSSR count). The summed E-state index contributed by atoms with van der Waals surface area (Å²) in [5.41, 5.74) is 1.86. The van der Waals surface area contributed by atoms with Gasteiger partial charge in [0.15, 0.2) is 0 Å². The maximum Gasteiger partial charge on any atom is 0.343 e. The summed E-state index contributed by atoms with van der Waals surface area (Å²) in [5.74, 6) is 3.66. The quantitative estimate of drug-likeness (QED) is 0.0904. The van der Waals surface area contributed by atoms with E-state index in [9.17, 15) is 4.79 Å². The molecule has 208 valence electrons. The Labute approximate surface area is 232 Å². The molecular weight excluding hydrogens is 468 g/mol. The van der Waals surface area contributed by atoms with E-state index in [1.54, 1.807) is 12.1 Å². The minimum Gasteiger partial charge on any atom is -0.494 e. The lowest BCUT2D eigenvalue weighted by Crippen LogP contribution is -2.15. The van der Waals surface area contributed by atoms with Gasteiger partial charge in [0.25, 0.3) is 0 Å². The number of carbonyl (C=O) groups is 1. The van der Waals surface area contributed by atoms with E-state index in [4.69, 9.17) is 9.47 Å². The molecule has 2 aromatic rings. The highest BCUT2D eigenvalue weighted by Gasteiger charge is 2.20. The Bertz CT molecular complexity index is 923. The molecule has 3 nitrogen and oxygen atoms in total. The molecule has 1 fully saturated rings. The van der Waals surface area contributed by atoms with E-state index in [-0.39, 0.29) is 5.97 Å². The summed E-state index contributed by atoms with van der Waals surface area (Å²) >= 11 is 0. The van der Waals surface area contributed by atoms with Crippen molar-refractivity contribution in [2.45, 2.75) is 104 Å². The second-order valence-electron chi connectivity index (χ2n) is 11.4. The van der Waals surface area contributed by atoms with Crippen molar-refractivity contribution in [2.24, 2.45) is 17.8 Å². The fourth-order valence-corrected chi connectivity index (χ4v) is 5.47. The largest absolute Gasteiger partial charge is 0.494 e. The topological polar surface area (TPSA) is 35.5 Å². The smallest absolute Gasteiger partial charge is 0.343 e. The fourth-order valence-electron chi connectivity index (χ4n) is 5.47. The lowest BCUT2D eigenvalue weighted by Gasteiger charge is -2.28. The number of hydrogen-bond acceptors (Lipinski definition) is 3. The summed E-state index contributed by atoms with van der Waals surface area (Å²) in [6.07, 6.45) is 19.8. The second-order valence-corrected chi connectivity index (χ2v) is 11.4. The highest BCUT2D eigenvalue weighted by Crippen LogP contribution is 2.34. The number of unbranched alkanes of at least 4 members (excludes halogenated alkanes) is 3. The van der Waals surface area contributed by atoms with E-state index in [2.05, 4.69) is 32.6 Å². The molecular formula is C35H50O3. The van der Waals surface area contributed by atoms with Gasteiger partial charge < -0.3 is 9.47 Å². The fraction of sp³-hybridized carbons (Fsp3) is 0.571. The van der Waals surface area contributed by atoms with Crippen molar-refractivity contribution in [3.63, 3.8) is 0 Å². The number of aryl methyl sites for hydroxylation is 1. The van der Waals surface area contributed by atoms with E-state index < -0.39 is 0 Å². The molecule has 0 spiro atoms.